The molecule has 0 heterocycles. The predicted molar refractivity (Wildman–Crippen MR) is 68.5 cm³/mol. The SMILES string of the molecule is CC(CN)CS(=O)CC(=O)NC(C)C(C)C. The standard InChI is InChI=1S/C11H24N2O2S/c1-8(2)10(4)13-11(14)7-16(15)6-9(3)5-12/h8-10H,5-7,12H2,1-4H3,(H,13,14). The highest BCUT2D eigenvalue weighted by molar-refractivity contribution is 7.85. The van der Waals surface area contributed by atoms with E-state index in [0.29, 0.717) is 18.2 Å². The van der Waals surface area contributed by atoms with Crippen LogP contribution in [-0.2, 0) is 15.6 Å². The van der Waals surface area contributed by atoms with Crippen LogP contribution >= 0.6 is 0 Å². The number of nitrogens with one attached hydrogen (secondary N) is 1. The highest BCUT2D eigenvalue weighted by Crippen LogP contribution is 2.00. The van der Waals surface area contributed by atoms with Gasteiger partial charge in [0.2, 0.25) is 5.91 Å². The van der Waals surface area contributed by atoms with E-state index in [9.17, 15) is 9.00 Å². The lowest BCUT2D eigenvalue weighted by Crippen LogP contribution is -2.39. The van der Waals surface area contributed by atoms with Gasteiger partial charge < -0.3 is 11.1 Å². The molecule has 0 spiro atoms. The summed E-state index contributed by atoms with van der Waals surface area (Å²) in [5.74, 6) is 1.04. The summed E-state index contributed by atoms with van der Waals surface area (Å²) in [6, 6.07) is 0.122. The zero-order chi connectivity index (χ0) is 12.7. The highest BCUT2D eigenvalue weighted by atomic mass is 32.2. The molecule has 3 N–H and O–H groups in total. The van der Waals surface area contributed by atoms with Crippen molar-refractivity contribution in [3.8, 4) is 0 Å². The Kier molecular flexibility index (Phi) is 7.58. The van der Waals surface area contributed by atoms with Crippen LogP contribution in [0, 0.1) is 11.8 Å². The van der Waals surface area contributed by atoms with Gasteiger partial charge in [0.25, 0.3) is 0 Å². The van der Waals surface area contributed by atoms with Crippen molar-refractivity contribution in [2.45, 2.75) is 33.7 Å². The molecule has 16 heavy (non-hydrogen) atoms. The first-order chi connectivity index (χ1) is 7.36. The van der Waals surface area contributed by atoms with Crippen LogP contribution in [-0.4, -0.2) is 34.2 Å². The van der Waals surface area contributed by atoms with Gasteiger partial charge in [0, 0.05) is 22.6 Å². The number of carbonyl (C=O) groups excluding carboxylic acids is 1. The van der Waals surface area contributed by atoms with Gasteiger partial charge in [0.05, 0.1) is 0 Å². The summed E-state index contributed by atoms with van der Waals surface area (Å²) in [6.07, 6.45) is 0. The summed E-state index contributed by atoms with van der Waals surface area (Å²) in [5.41, 5.74) is 5.44. The average Bonchev–Trinajstić information content (AvgIpc) is 2.16. The van der Waals surface area contributed by atoms with E-state index in [1.807, 2.05) is 27.7 Å². The molecule has 0 aliphatic carbocycles. The topological polar surface area (TPSA) is 72.2 Å². The van der Waals surface area contributed by atoms with E-state index in [1.54, 1.807) is 0 Å². The summed E-state index contributed by atoms with van der Waals surface area (Å²) in [4.78, 5) is 11.5. The first-order valence-corrected chi connectivity index (χ1v) is 7.20. The molecule has 3 atom stereocenters. The van der Waals surface area contributed by atoms with Gasteiger partial charge in [-0.2, -0.15) is 0 Å². The number of carbonyl (C=O) groups is 1. The Hall–Kier alpha value is -0.420. The van der Waals surface area contributed by atoms with Crippen LogP contribution in [0.3, 0.4) is 0 Å². The van der Waals surface area contributed by atoms with Gasteiger partial charge in [0.15, 0.2) is 0 Å². The minimum atomic E-state index is -1.10. The lowest BCUT2D eigenvalue weighted by Gasteiger charge is -2.17. The van der Waals surface area contributed by atoms with Gasteiger partial charge in [-0.15, -0.1) is 0 Å². The lowest BCUT2D eigenvalue weighted by atomic mass is 10.1. The molecular weight excluding hydrogens is 224 g/mol. The maximum absolute atomic E-state index is 11.6. The highest BCUT2D eigenvalue weighted by Gasteiger charge is 2.14. The maximum atomic E-state index is 11.6. The third kappa shape index (κ3) is 6.95. The van der Waals surface area contributed by atoms with Gasteiger partial charge in [-0.25, -0.2) is 0 Å². The monoisotopic (exact) mass is 248 g/mol. The Bertz CT molecular complexity index is 244. The molecule has 1 amide bonds. The van der Waals surface area contributed by atoms with Crippen molar-refractivity contribution in [2.75, 3.05) is 18.1 Å². The molecule has 96 valence electrons. The van der Waals surface area contributed by atoms with Crippen LogP contribution in [0.25, 0.3) is 0 Å². The average molecular weight is 248 g/mol. The number of hydrogen-bond donors (Lipinski definition) is 2. The summed E-state index contributed by atoms with van der Waals surface area (Å²) in [5, 5.41) is 2.84. The van der Waals surface area contributed by atoms with E-state index in [4.69, 9.17) is 5.73 Å². The zero-order valence-electron chi connectivity index (χ0n) is 10.7. The minimum Gasteiger partial charge on any atom is -0.353 e. The summed E-state index contributed by atoms with van der Waals surface area (Å²) < 4.78 is 11.6. The van der Waals surface area contributed by atoms with E-state index >= 15 is 0 Å². The second-order valence-corrected chi connectivity index (χ2v) is 6.19. The molecule has 0 fully saturated rings. The molecule has 0 aromatic carbocycles. The van der Waals surface area contributed by atoms with E-state index < -0.39 is 10.8 Å². The molecule has 0 bridgehead atoms. The van der Waals surface area contributed by atoms with Crippen LogP contribution in [0.15, 0.2) is 0 Å². The number of nitrogens with two attached hydrogens (primary N) is 1. The normalized spacial score (nSPS) is 16.9. The van der Waals surface area contributed by atoms with Crippen molar-refractivity contribution >= 4 is 16.7 Å². The van der Waals surface area contributed by atoms with Crippen molar-refractivity contribution in [3.05, 3.63) is 0 Å². The molecule has 0 aliphatic heterocycles. The fourth-order valence-electron chi connectivity index (χ4n) is 1.05. The van der Waals surface area contributed by atoms with E-state index in [-0.39, 0.29) is 23.6 Å². The first kappa shape index (κ1) is 15.6. The summed E-state index contributed by atoms with van der Waals surface area (Å²) in [7, 11) is -1.10. The fraction of sp³-hybridized carbons (Fsp3) is 0.909. The third-order valence-corrected chi connectivity index (χ3v) is 4.08. The van der Waals surface area contributed by atoms with E-state index in [2.05, 4.69) is 5.32 Å². The van der Waals surface area contributed by atoms with Gasteiger partial charge in [-0.3, -0.25) is 9.00 Å². The third-order valence-electron chi connectivity index (χ3n) is 2.55. The molecular formula is C11H24N2O2S. The van der Waals surface area contributed by atoms with Crippen LogP contribution in [0.5, 0.6) is 0 Å². The first-order valence-electron chi connectivity index (χ1n) is 5.71. The van der Waals surface area contributed by atoms with Gasteiger partial charge in [0.1, 0.15) is 5.75 Å². The van der Waals surface area contributed by atoms with Crippen molar-refractivity contribution in [1.29, 1.82) is 0 Å². The van der Waals surface area contributed by atoms with Crippen molar-refractivity contribution < 1.29 is 9.00 Å². The molecule has 5 heteroatoms. The van der Waals surface area contributed by atoms with Crippen LogP contribution in [0.4, 0.5) is 0 Å². The van der Waals surface area contributed by atoms with Gasteiger partial charge in [-0.1, -0.05) is 20.8 Å². The smallest absolute Gasteiger partial charge is 0.232 e. The Balaban J connectivity index is 3.92. The quantitative estimate of drug-likeness (QED) is 0.689. The second kappa shape index (κ2) is 7.79. The molecule has 0 radical (unpaired) electrons. The van der Waals surface area contributed by atoms with Crippen LogP contribution in [0.1, 0.15) is 27.7 Å². The number of rotatable bonds is 7. The number of amides is 1. The van der Waals surface area contributed by atoms with Crippen molar-refractivity contribution in [3.63, 3.8) is 0 Å². The molecule has 0 saturated heterocycles. The lowest BCUT2D eigenvalue weighted by molar-refractivity contribution is -0.119. The Labute approximate surface area is 101 Å². The Morgan fingerprint density at radius 3 is 2.31 bits per heavy atom. The molecule has 4 nitrogen and oxygen atoms in total. The summed E-state index contributed by atoms with van der Waals surface area (Å²) >= 11 is 0. The minimum absolute atomic E-state index is 0.0847. The second-order valence-electron chi connectivity index (χ2n) is 4.69. The largest absolute Gasteiger partial charge is 0.353 e. The Morgan fingerprint density at radius 2 is 1.88 bits per heavy atom. The molecule has 0 saturated carbocycles. The molecule has 0 aromatic heterocycles. The van der Waals surface area contributed by atoms with Crippen molar-refractivity contribution in [1.82, 2.24) is 5.32 Å². The summed E-state index contributed by atoms with van der Waals surface area (Å²) in [6.45, 7) is 8.48. The zero-order valence-corrected chi connectivity index (χ0v) is 11.5. The molecule has 3 unspecified atom stereocenters. The van der Waals surface area contributed by atoms with Crippen LogP contribution in [0.2, 0.25) is 0 Å². The molecule has 0 rings (SSSR count). The molecule has 0 aliphatic rings. The number of hydrogen-bond acceptors (Lipinski definition) is 3. The Morgan fingerprint density at radius 1 is 1.31 bits per heavy atom. The van der Waals surface area contributed by atoms with Crippen molar-refractivity contribution in [2.24, 2.45) is 17.6 Å². The van der Waals surface area contributed by atoms with E-state index in [0.717, 1.165) is 0 Å². The molecule has 0 aromatic rings. The predicted octanol–water partition coefficient (Wildman–Crippen LogP) is 0.491. The van der Waals surface area contributed by atoms with E-state index in [1.165, 1.54) is 0 Å². The van der Waals surface area contributed by atoms with Crippen LogP contribution < -0.4 is 11.1 Å². The fourth-order valence-corrected chi connectivity index (χ4v) is 2.32. The van der Waals surface area contributed by atoms with Gasteiger partial charge >= 0.3 is 0 Å². The van der Waals surface area contributed by atoms with Gasteiger partial charge in [-0.05, 0) is 25.3 Å². The maximum Gasteiger partial charge on any atom is 0.232 e.